The molecule has 2 aliphatic rings. The summed E-state index contributed by atoms with van der Waals surface area (Å²) < 4.78 is 10.7. The van der Waals surface area contributed by atoms with Crippen molar-refractivity contribution >= 4 is 34.4 Å². The summed E-state index contributed by atoms with van der Waals surface area (Å²) in [4.78, 5) is 53.4. The van der Waals surface area contributed by atoms with Gasteiger partial charge in [-0.1, -0.05) is 43.9 Å². The Bertz CT molecular complexity index is 1470. The predicted molar refractivity (Wildman–Crippen MR) is 160 cm³/mol. The first-order valence-corrected chi connectivity index (χ1v) is 14.8. The largest absolute Gasteiger partial charge is 0.497 e. The number of nitrogens with zero attached hydrogens (tertiary/aromatic N) is 1. The lowest BCUT2D eigenvalue weighted by Gasteiger charge is -2.26. The molecule has 2 aromatic carbocycles. The summed E-state index contributed by atoms with van der Waals surface area (Å²) in [6, 6.07) is 9.64. The number of nitrogens with one attached hydrogen (secondary N) is 4. The molecule has 43 heavy (non-hydrogen) atoms. The van der Waals surface area contributed by atoms with Gasteiger partial charge in [0.25, 0.3) is 5.91 Å². The van der Waals surface area contributed by atoms with Crippen LogP contribution in [0.2, 0.25) is 0 Å². The minimum atomic E-state index is -0.992. The van der Waals surface area contributed by atoms with Crippen molar-refractivity contribution < 1.29 is 28.7 Å². The molecule has 1 aliphatic carbocycles. The summed E-state index contributed by atoms with van der Waals surface area (Å²) in [5.74, 6) is -0.554. The zero-order valence-electron chi connectivity index (χ0n) is 24.8. The molecule has 3 aromatic rings. The maximum atomic E-state index is 13.8. The third-order valence-corrected chi connectivity index (χ3v) is 8.45. The molecule has 3 amide bonds. The van der Waals surface area contributed by atoms with Gasteiger partial charge in [-0.3, -0.25) is 24.3 Å². The number of hydrogen-bond acceptors (Lipinski definition) is 7. The highest BCUT2D eigenvalue weighted by Crippen LogP contribution is 2.33. The maximum Gasteiger partial charge on any atom is 0.251 e. The van der Waals surface area contributed by atoms with E-state index in [1.165, 1.54) is 0 Å². The van der Waals surface area contributed by atoms with Gasteiger partial charge in [-0.25, -0.2) is 0 Å². The van der Waals surface area contributed by atoms with Crippen LogP contribution >= 0.6 is 0 Å². The fourth-order valence-corrected chi connectivity index (χ4v) is 5.63. The Kier molecular flexibility index (Phi) is 9.10. The van der Waals surface area contributed by atoms with Gasteiger partial charge in [0.15, 0.2) is 5.78 Å². The molecule has 11 nitrogen and oxygen atoms in total. The normalized spacial score (nSPS) is 20.2. The summed E-state index contributed by atoms with van der Waals surface area (Å²) in [6.07, 6.45) is 6.65. The predicted octanol–water partition coefficient (Wildman–Crippen LogP) is 2.84. The SMILES string of the molecule is COc1ccc(C[C@H](NC(=O)[C@@H](C)NC(=O)c2ccc3cn[nH]c3c2)C(=O)N[C@@H](CC2CCCC2)C(=O)[C@@]2(C)CO2)cc1. The van der Waals surface area contributed by atoms with E-state index >= 15 is 0 Å². The Morgan fingerprint density at radius 2 is 1.72 bits per heavy atom. The van der Waals surface area contributed by atoms with E-state index in [1.807, 2.05) is 12.1 Å². The number of rotatable bonds is 13. The van der Waals surface area contributed by atoms with Gasteiger partial charge >= 0.3 is 0 Å². The highest BCUT2D eigenvalue weighted by atomic mass is 16.6. The van der Waals surface area contributed by atoms with Crippen LogP contribution in [0.3, 0.4) is 0 Å². The van der Waals surface area contributed by atoms with E-state index in [0.29, 0.717) is 35.8 Å². The van der Waals surface area contributed by atoms with Crippen LogP contribution in [0.25, 0.3) is 10.9 Å². The van der Waals surface area contributed by atoms with Crippen LogP contribution in [0.15, 0.2) is 48.7 Å². The number of fused-ring (bicyclic) bond motifs is 1. The van der Waals surface area contributed by atoms with Crippen LogP contribution < -0.4 is 20.7 Å². The third kappa shape index (κ3) is 7.40. The van der Waals surface area contributed by atoms with Gasteiger partial charge in [-0.15, -0.1) is 0 Å². The minimum Gasteiger partial charge on any atom is -0.497 e. The van der Waals surface area contributed by atoms with Crippen LogP contribution in [0.4, 0.5) is 0 Å². The Labute approximate surface area is 250 Å². The van der Waals surface area contributed by atoms with E-state index in [2.05, 4.69) is 26.1 Å². The van der Waals surface area contributed by atoms with E-state index in [1.54, 1.807) is 57.5 Å². The number of carbonyl (C=O) groups excluding carboxylic acids is 4. The maximum absolute atomic E-state index is 13.8. The van der Waals surface area contributed by atoms with E-state index in [9.17, 15) is 19.2 Å². The first kappa shape index (κ1) is 30.2. The summed E-state index contributed by atoms with van der Waals surface area (Å²) in [6.45, 7) is 3.63. The van der Waals surface area contributed by atoms with E-state index in [0.717, 1.165) is 36.6 Å². The Morgan fingerprint density at radius 1 is 1.02 bits per heavy atom. The van der Waals surface area contributed by atoms with Gasteiger partial charge in [0.05, 0.1) is 31.5 Å². The number of methoxy groups -OCH3 is 1. The van der Waals surface area contributed by atoms with Gasteiger partial charge in [-0.2, -0.15) is 5.10 Å². The van der Waals surface area contributed by atoms with Crippen molar-refractivity contribution in [3.05, 3.63) is 59.8 Å². The van der Waals surface area contributed by atoms with Gasteiger partial charge in [-0.05, 0) is 56.0 Å². The molecule has 1 saturated carbocycles. The molecule has 2 heterocycles. The second-order valence-corrected chi connectivity index (χ2v) is 11.8. The first-order chi connectivity index (χ1) is 20.6. The number of ether oxygens (including phenoxy) is 2. The molecule has 4 N–H and O–H groups in total. The van der Waals surface area contributed by atoms with Crippen molar-refractivity contribution in [1.29, 1.82) is 0 Å². The van der Waals surface area contributed by atoms with Crippen LogP contribution in [0, 0.1) is 5.92 Å². The second kappa shape index (κ2) is 12.9. The van der Waals surface area contributed by atoms with Crippen molar-refractivity contribution in [3.63, 3.8) is 0 Å². The zero-order chi connectivity index (χ0) is 30.6. The fraction of sp³-hybridized carbons (Fsp3) is 0.469. The number of aromatic amines is 1. The lowest BCUT2D eigenvalue weighted by atomic mass is 9.90. The fourth-order valence-electron chi connectivity index (χ4n) is 5.63. The molecule has 1 saturated heterocycles. The number of ketones is 1. The molecular formula is C32H39N5O6. The number of H-pyrrole nitrogens is 1. The summed E-state index contributed by atoms with van der Waals surface area (Å²) in [5, 5.41) is 16.1. The Balaban J connectivity index is 1.29. The van der Waals surface area contributed by atoms with Crippen molar-refractivity contribution in [3.8, 4) is 5.75 Å². The van der Waals surface area contributed by atoms with Gasteiger partial charge in [0, 0.05) is 17.4 Å². The van der Waals surface area contributed by atoms with Crippen LogP contribution in [-0.2, 0) is 25.5 Å². The van der Waals surface area contributed by atoms with Crippen molar-refractivity contribution in [2.75, 3.05) is 13.7 Å². The Hall–Kier alpha value is -4.25. The molecule has 0 bridgehead atoms. The molecule has 11 heteroatoms. The van der Waals surface area contributed by atoms with E-state index < -0.39 is 41.4 Å². The molecule has 0 radical (unpaired) electrons. The number of carbonyl (C=O) groups is 4. The lowest BCUT2D eigenvalue weighted by molar-refractivity contribution is -0.133. The number of epoxide rings is 1. The summed E-state index contributed by atoms with van der Waals surface area (Å²) in [5.41, 5.74) is 0.978. The third-order valence-electron chi connectivity index (χ3n) is 8.45. The minimum absolute atomic E-state index is 0.142. The summed E-state index contributed by atoms with van der Waals surface area (Å²) >= 11 is 0. The molecule has 228 valence electrons. The molecule has 1 aromatic heterocycles. The van der Waals surface area contributed by atoms with Crippen LogP contribution in [0.5, 0.6) is 5.75 Å². The van der Waals surface area contributed by atoms with E-state index in [4.69, 9.17) is 9.47 Å². The number of amides is 3. The molecule has 4 atom stereocenters. The average molecular weight is 590 g/mol. The van der Waals surface area contributed by atoms with Gasteiger partial charge < -0.3 is 25.4 Å². The standard InChI is InChI=1S/C32H39N5O6/c1-19(34-30(40)22-10-11-23-17-33-37-25(23)16-22)29(39)36-27(15-21-8-12-24(42-3)13-9-21)31(41)35-26(14-20-6-4-5-7-20)28(38)32(2)18-43-32/h8-13,16-17,19-20,26-27H,4-7,14-15,18H2,1-3H3,(H,33,37)(H,34,40)(H,35,41)(H,36,39)/t19-,26+,27+,32-/m1/s1. The summed E-state index contributed by atoms with van der Waals surface area (Å²) in [7, 11) is 1.57. The highest BCUT2D eigenvalue weighted by Gasteiger charge is 2.50. The molecule has 0 spiro atoms. The number of Topliss-reactive ketones (excluding diaryl/α,β-unsaturated/α-hetero) is 1. The first-order valence-electron chi connectivity index (χ1n) is 14.8. The van der Waals surface area contributed by atoms with Crippen molar-refractivity contribution in [2.24, 2.45) is 5.92 Å². The average Bonchev–Trinajstić information content (AvgIpc) is 3.36. The van der Waals surface area contributed by atoms with Gasteiger partial charge in [0.1, 0.15) is 23.4 Å². The van der Waals surface area contributed by atoms with Crippen LogP contribution in [0.1, 0.15) is 61.9 Å². The Morgan fingerprint density at radius 3 is 2.40 bits per heavy atom. The monoisotopic (exact) mass is 589 g/mol. The molecule has 2 fully saturated rings. The van der Waals surface area contributed by atoms with Crippen molar-refractivity contribution in [2.45, 2.75) is 76.1 Å². The van der Waals surface area contributed by atoms with Crippen LogP contribution in [-0.4, -0.2) is 71.1 Å². The number of benzene rings is 2. The van der Waals surface area contributed by atoms with Crippen molar-refractivity contribution in [1.82, 2.24) is 26.1 Å². The quantitative estimate of drug-likeness (QED) is 0.224. The molecule has 5 rings (SSSR count). The van der Waals surface area contributed by atoms with Gasteiger partial charge in [0.2, 0.25) is 11.8 Å². The highest BCUT2D eigenvalue weighted by molar-refractivity contribution is 6.01. The smallest absolute Gasteiger partial charge is 0.251 e. The lowest BCUT2D eigenvalue weighted by Crippen LogP contribution is -2.57. The molecule has 0 unspecified atom stereocenters. The number of aromatic nitrogens is 2. The molecular weight excluding hydrogens is 550 g/mol. The second-order valence-electron chi connectivity index (χ2n) is 11.8. The van der Waals surface area contributed by atoms with E-state index in [-0.39, 0.29) is 12.2 Å². The zero-order valence-corrected chi connectivity index (χ0v) is 24.8. The topological polar surface area (TPSA) is 155 Å². The molecule has 1 aliphatic heterocycles. The number of hydrogen-bond donors (Lipinski definition) is 4.